The quantitative estimate of drug-likeness (QED) is 0.214. The number of rotatable bonds is 6. The summed E-state index contributed by atoms with van der Waals surface area (Å²) in [5.41, 5.74) is 4.72. The Labute approximate surface area is 220 Å². The van der Waals surface area contributed by atoms with E-state index in [0.717, 1.165) is 16.5 Å². The van der Waals surface area contributed by atoms with Gasteiger partial charge >= 0.3 is 5.63 Å². The molecule has 0 spiro atoms. The number of amides is 1. The number of sulfonamides is 1. The Kier molecular flexibility index (Phi) is 6.55. The molecule has 2 heterocycles. The third kappa shape index (κ3) is 4.86. The van der Waals surface area contributed by atoms with Gasteiger partial charge in [0.2, 0.25) is 5.91 Å². The molecular weight excluding hydrogens is 539 g/mol. The molecule has 0 saturated carbocycles. The van der Waals surface area contributed by atoms with Gasteiger partial charge in [-0.25, -0.2) is 13.2 Å². The van der Waals surface area contributed by atoms with Crippen molar-refractivity contribution in [3.8, 4) is 11.1 Å². The third-order valence-electron chi connectivity index (χ3n) is 5.91. The second-order valence-corrected chi connectivity index (χ2v) is 10.8. The zero-order valence-electron chi connectivity index (χ0n) is 19.2. The number of hydrogen-bond acceptors (Lipinski definition) is 6. The number of aryl methyl sites for hydroxylation is 1. The van der Waals surface area contributed by atoms with Gasteiger partial charge in [0, 0.05) is 27.4 Å². The summed E-state index contributed by atoms with van der Waals surface area (Å²) in [6, 6.07) is 17.0. The summed E-state index contributed by atoms with van der Waals surface area (Å²) in [4.78, 5) is 27.0. The first kappa shape index (κ1) is 25.0. The summed E-state index contributed by atoms with van der Waals surface area (Å²) >= 11 is 11.8. The second kappa shape index (κ2) is 9.68. The highest BCUT2D eigenvalue weighted by molar-refractivity contribution is 7.89. The minimum atomic E-state index is -4.18. The van der Waals surface area contributed by atoms with E-state index in [9.17, 15) is 18.0 Å². The Morgan fingerprint density at radius 3 is 2.46 bits per heavy atom. The Morgan fingerprint density at radius 1 is 0.973 bits per heavy atom. The van der Waals surface area contributed by atoms with Crippen LogP contribution in [0.15, 0.2) is 85.5 Å². The topological polar surface area (TPSA) is 119 Å². The number of hydrogen-bond donors (Lipinski definition) is 2. The number of carbonyl (C=O) groups is 1. The van der Waals surface area contributed by atoms with Crippen molar-refractivity contribution in [2.45, 2.75) is 18.2 Å². The minimum absolute atomic E-state index is 0.0952. The lowest BCUT2D eigenvalue weighted by Gasteiger charge is -2.11. The van der Waals surface area contributed by atoms with E-state index in [1.165, 1.54) is 18.2 Å². The number of furan rings is 1. The highest BCUT2D eigenvalue weighted by Gasteiger charge is 2.21. The molecule has 8 nitrogen and oxygen atoms in total. The summed E-state index contributed by atoms with van der Waals surface area (Å²) in [5, 5.41) is 1.59. The molecule has 1 amide bonds. The Bertz CT molecular complexity index is 1850. The molecule has 2 N–H and O–H groups in total. The largest absolute Gasteiger partial charge is 0.464 e. The first-order valence-electron chi connectivity index (χ1n) is 10.9. The fourth-order valence-corrected chi connectivity index (χ4v) is 5.67. The predicted octanol–water partition coefficient (Wildman–Crippen LogP) is 5.37. The molecule has 0 aliphatic carbocycles. The van der Waals surface area contributed by atoms with Gasteiger partial charge in [-0.2, -0.15) is 0 Å². The van der Waals surface area contributed by atoms with Gasteiger partial charge in [-0.3, -0.25) is 10.2 Å². The zero-order valence-corrected chi connectivity index (χ0v) is 21.5. The summed E-state index contributed by atoms with van der Waals surface area (Å²) in [6.07, 6.45) is 1.22. The highest BCUT2D eigenvalue weighted by atomic mass is 35.5. The van der Waals surface area contributed by atoms with Crippen molar-refractivity contribution in [3.63, 3.8) is 0 Å². The van der Waals surface area contributed by atoms with Crippen LogP contribution in [-0.2, 0) is 21.2 Å². The third-order valence-corrected chi connectivity index (χ3v) is 7.88. The predicted molar refractivity (Wildman–Crippen MR) is 141 cm³/mol. The molecule has 0 aliphatic rings. The van der Waals surface area contributed by atoms with Crippen molar-refractivity contribution in [1.29, 1.82) is 0 Å². The lowest BCUT2D eigenvalue weighted by atomic mass is 9.99. The molecule has 0 radical (unpaired) electrons. The lowest BCUT2D eigenvalue weighted by molar-refractivity contribution is -0.120. The molecule has 37 heavy (non-hydrogen) atoms. The molecule has 11 heteroatoms. The standard InChI is InChI=1S/C26H18Cl2N2O6S/c1-14-17-10-19-20(15-5-3-2-4-6-15)13-35-22(19)12-23(17)36-26(32)18(14)11-25(31)29-30-37(33,34)24-8-7-16(27)9-21(24)28/h2-10,12-13,30H,11H2,1H3,(H,29,31). The average molecular weight is 557 g/mol. The van der Waals surface area contributed by atoms with E-state index in [1.54, 1.807) is 19.3 Å². The van der Waals surface area contributed by atoms with Gasteiger partial charge in [0.15, 0.2) is 0 Å². The van der Waals surface area contributed by atoms with Crippen LogP contribution in [0.5, 0.6) is 0 Å². The highest BCUT2D eigenvalue weighted by Crippen LogP contribution is 2.34. The maximum atomic E-state index is 12.7. The van der Waals surface area contributed by atoms with Crippen molar-refractivity contribution in [2.24, 2.45) is 0 Å². The molecule has 0 fully saturated rings. The number of hydrazine groups is 1. The van der Waals surface area contributed by atoms with Gasteiger partial charge < -0.3 is 8.83 Å². The molecular formula is C26H18Cl2N2O6S. The second-order valence-electron chi connectivity index (χ2n) is 8.26. The summed E-state index contributed by atoms with van der Waals surface area (Å²) < 4.78 is 36.2. The van der Waals surface area contributed by atoms with E-state index in [2.05, 4.69) is 5.43 Å². The Morgan fingerprint density at radius 2 is 1.73 bits per heavy atom. The molecule has 2 aromatic heterocycles. The van der Waals surface area contributed by atoms with Crippen molar-refractivity contribution < 1.29 is 22.0 Å². The van der Waals surface area contributed by atoms with Crippen molar-refractivity contribution in [2.75, 3.05) is 0 Å². The van der Waals surface area contributed by atoms with Crippen LogP contribution in [-0.4, -0.2) is 14.3 Å². The fraction of sp³-hybridized carbons (Fsp3) is 0.0769. The van der Waals surface area contributed by atoms with Gasteiger partial charge in [0.1, 0.15) is 16.1 Å². The van der Waals surface area contributed by atoms with Gasteiger partial charge in [-0.1, -0.05) is 53.5 Å². The van der Waals surface area contributed by atoms with E-state index in [0.29, 0.717) is 22.1 Å². The molecule has 188 valence electrons. The number of halogens is 2. The van der Waals surface area contributed by atoms with Crippen molar-refractivity contribution in [3.05, 3.63) is 98.5 Å². The number of carbonyl (C=O) groups excluding carboxylic acids is 1. The SMILES string of the molecule is Cc1c(CC(=O)NNS(=O)(=O)c2ccc(Cl)cc2Cl)c(=O)oc2cc3occ(-c4ccccc4)c3cc12. The van der Waals surface area contributed by atoms with Gasteiger partial charge in [-0.15, -0.1) is 4.83 Å². The molecule has 5 aromatic rings. The zero-order chi connectivity index (χ0) is 26.3. The average Bonchev–Trinajstić information content (AvgIpc) is 3.27. The van der Waals surface area contributed by atoms with Gasteiger partial charge in [0.25, 0.3) is 10.0 Å². The van der Waals surface area contributed by atoms with E-state index in [1.807, 2.05) is 41.2 Å². The molecule has 3 aromatic carbocycles. The first-order valence-corrected chi connectivity index (χ1v) is 13.2. The monoisotopic (exact) mass is 556 g/mol. The summed E-state index contributed by atoms with van der Waals surface area (Å²) in [5.74, 6) is -0.766. The molecule has 5 rings (SSSR count). The van der Waals surface area contributed by atoms with Crippen LogP contribution < -0.4 is 15.9 Å². The van der Waals surface area contributed by atoms with Crippen LogP contribution in [0, 0.1) is 6.92 Å². The molecule has 0 saturated heterocycles. The number of fused-ring (bicyclic) bond motifs is 2. The Balaban J connectivity index is 1.44. The summed E-state index contributed by atoms with van der Waals surface area (Å²) in [6.45, 7) is 1.70. The number of nitrogens with one attached hydrogen (secondary N) is 2. The first-order chi connectivity index (χ1) is 17.6. The van der Waals surface area contributed by atoms with E-state index in [-0.39, 0.29) is 20.5 Å². The maximum Gasteiger partial charge on any atom is 0.340 e. The smallest absolute Gasteiger partial charge is 0.340 e. The van der Waals surface area contributed by atoms with Crippen LogP contribution in [0.3, 0.4) is 0 Å². The molecule has 0 unspecified atom stereocenters. The van der Waals surface area contributed by atoms with Gasteiger partial charge in [0.05, 0.1) is 23.3 Å². The van der Waals surface area contributed by atoms with Gasteiger partial charge in [-0.05, 0) is 42.3 Å². The normalized spacial score (nSPS) is 11.8. The Hall–Kier alpha value is -3.63. The van der Waals surface area contributed by atoms with Crippen LogP contribution >= 0.6 is 23.2 Å². The molecule has 0 atom stereocenters. The lowest BCUT2D eigenvalue weighted by Crippen LogP contribution is -2.42. The number of benzene rings is 3. The van der Waals surface area contributed by atoms with E-state index >= 15 is 0 Å². The van der Waals surface area contributed by atoms with E-state index < -0.39 is 28.0 Å². The molecule has 0 aliphatic heterocycles. The van der Waals surface area contributed by atoms with Crippen LogP contribution in [0.4, 0.5) is 0 Å². The van der Waals surface area contributed by atoms with Crippen molar-refractivity contribution >= 4 is 61.1 Å². The minimum Gasteiger partial charge on any atom is -0.464 e. The molecule has 0 bridgehead atoms. The summed E-state index contributed by atoms with van der Waals surface area (Å²) in [7, 11) is -4.18. The fourth-order valence-electron chi connectivity index (χ4n) is 4.03. The maximum absolute atomic E-state index is 12.7. The van der Waals surface area contributed by atoms with Crippen molar-refractivity contribution in [1.82, 2.24) is 10.3 Å². The van der Waals surface area contributed by atoms with E-state index in [4.69, 9.17) is 32.0 Å². The van der Waals surface area contributed by atoms with Crippen LogP contribution in [0.25, 0.3) is 33.1 Å². The van der Waals surface area contributed by atoms with Crippen LogP contribution in [0.2, 0.25) is 10.0 Å². The van der Waals surface area contributed by atoms with Crippen LogP contribution in [0.1, 0.15) is 11.1 Å².